The van der Waals surface area contributed by atoms with Gasteiger partial charge in [0, 0.05) is 43.4 Å². The van der Waals surface area contributed by atoms with Crippen LogP contribution in [0, 0.1) is 5.82 Å². The number of carbonyl (C=O) groups is 1. The third-order valence-electron chi connectivity index (χ3n) is 5.42. The third kappa shape index (κ3) is 4.19. The molecule has 1 aromatic heterocycles. The van der Waals surface area contributed by atoms with Gasteiger partial charge in [-0.15, -0.1) is 0 Å². The van der Waals surface area contributed by atoms with Crippen molar-refractivity contribution in [2.45, 2.75) is 32.5 Å². The van der Waals surface area contributed by atoms with Gasteiger partial charge in [0.1, 0.15) is 16.9 Å². The molecule has 2 unspecified atom stereocenters. The summed E-state index contributed by atoms with van der Waals surface area (Å²) < 4.78 is 17.9. The normalized spacial score (nSPS) is 20.6. The van der Waals surface area contributed by atoms with Crippen molar-refractivity contribution in [3.05, 3.63) is 65.5 Å². The van der Waals surface area contributed by atoms with Crippen LogP contribution in [0.4, 0.5) is 4.39 Å². The van der Waals surface area contributed by atoms with Gasteiger partial charge < -0.3 is 4.90 Å². The molecule has 6 nitrogen and oxygen atoms in total. The highest BCUT2D eigenvalue weighted by Gasteiger charge is 2.31. The van der Waals surface area contributed by atoms with E-state index < -0.39 is 0 Å². The highest BCUT2D eigenvalue weighted by molar-refractivity contribution is 5.94. The Labute approximate surface area is 168 Å². The van der Waals surface area contributed by atoms with Gasteiger partial charge in [-0.3, -0.25) is 9.69 Å². The Morgan fingerprint density at radius 2 is 1.93 bits per heavy atom. The minimum atomic E-state index is -0.227. The molecule has 0 spiro atoms. The van der Waals surface area contributed by atoms with E-state index in [1.54, 1.807) is 12.2 Å². The molecular weight excluding hydrogens is 371 g/mol. The highest BCUT2D eigenvalue weighted by Crippen LogP contribution is 2.20. The smallest absolute Gasteiger partial charge is 0.246 e. The summed E-state index contributed by atoms with van der Waals surface area (Å²) in [6, 6.07) is 12.4. The highest BCUT2D eigenvalue weighted by atomic mass is 19.1. The molecule has 0 radical (unpaired) electrons. The van der Waals surface area contributed by atoms with Crippen molar-refractivity contribution in [1.29, 1.82) is 0 Å². The Kier molecular flexibility index (Phi) is 5.40. The van der Waals surface area contributed by atoms with Gasteiger partial charge >= 0.3 is 0 Å². The SMILES string of the molecule is CC1CN(C(=O)C=Cc2cccc3nonc23)C(C)CN1Cc1ccc(F)cc1. The summed E-state index contributed by atoms with van der Waals surface area (Å²) in [6.45, 7) is 6.31. The molecular formula is C22H23FN4O2. The van der Waals surface area contributed by atoms with Crippen molar-refractivity contribution < 1.29 is 13.8 Å². The third-order valence-corrected chi connectivity index (χ3v) is 5.42. The maximum Gasteiger partial charge on any atom is 0.246 e. The molecule has 1 fully saturated rings. The fourth-order valence-electron chi connectivity index (χ4n) is 3.77. The van der Waals surface area contributed by atoms with Gasteiger partial charge in [-0.1, -0.05) is 24.3 Å². The molecule has 0 aliphatic carbocycles. The number of amides is 1. The van der Waals surface area contributed by atoms with Gasteiger partial charge in [-0.25, -0.2) is 9.02 Å². The van der Waals surface area contributed by atoms with Crippen LogP contribution < -0.4 is 0 Å². The van der Waals surface area contributed by atoms with Crippen molar-refractivity contribution in [2.24, 2.45) is 0 Å². The van der Waals surface area contributed by atoms with Gasteiger partial charge in [-0.05, 0) is 54.0 Å². The quantitative estimate of drug-likeness (QED) is 0.634. The number of halogens is 1. The predicted molar refractivity (Wildman–Crippen MR) is 108 cm³/mol. The lowest BCUT2D eigenvalue weighted by Gasteiger charge is -2.43. The first kappa shape index (κ1) is 19.3. The van der Waals surface area contributed by atoms with Crippen LogP contribution in [-0.2, 0) is 11.3 Å². The summed E-state index contributed by atoms with van der Waals surface area (Å²) in [6.07, 6.45) is 3.35. The number of carbonyl (C=O) groups excluding carboxylic acids is 1. The molecule has 2 aromatic carbocycles. The first-order valence-electron chi connectivity index (χ1n) is 9.69. The fraction of sp³-hybridized carbons (Fsp3) is 0.318. The van der Waals surface area contributed by atoms with Gasteiger partial charge in [0.25, 0.3) is 0 Å². The summed E-state index contributed by atoms with van der Waals surface area (Å²) in [7, 11) is 0. The van der Waals surface area contributed by atoms with Crippen molar-refractivity contribution >= 4 is 23.0 Å². The zero-order valence-corrected chi connectivity index (χ0v) is 16.5. The van der Waals surface area contributed by atoms with E-state index in [9.17, 15) is 9.18 Å². The number of hydrogen-bond donors (Lipinski definition) is 0. The molecule has 150 valence electrons. The number of rotatable bonds is 4. The average molecular weight is 394 g/mol. The minimum absolute atomic E-state index is 0.0285. The summed E-state index contributed by atoms with van der Waals surface area (Å²) >= 11 is 0. The Hall–Kier alpha value is -3.06. The number of aromatic nitrogens is 2. The predicted octanol–water partition coefficient (Wildman–Crippen LogP) is 3.50. The van der Waals surface area contributed by atoms with Crippen LogP contribution in [0.3, 0.4) is 0 Å². The molecule has 0 bridgehead atoms. The maximum atomic E-state index is 13.1. The second kappa shape index (κ2) is 8.13. The van der Waals surface area contributed by atoms with Crippen molar-refractivity contribution in [3.63, 3.8) is 0 Å². The second-order valence-corrected chi connectivity index (χ2v) is 7.56. The fourth-order valence-corrected chi connectivity index (χ4v) is 3.77. The van der Waals surface area contributed by atoms with Crippen LogP contribution in [0.15, 0.2) is 53.2 Å². The summed E-state index contributed by atoms with van der Waals surface area (Å²) in [5, 5.41) is 7.72. The Balaban J connectivity index is 1.42. The van der Waals surface area contributed by atoms with Crippen LogP contribution in [0.5, 0.6) is 0 Å². The van der Waals surface area contributed by atoms with Crippen molar-refractivity contribution in [2.75, 3.05) is 13.1 Å². The first-order chi connectivity index (χ1) is 14.0. The number of hydrogen-bond acceptors (Lipinski definition) is 5. The molecule has 1 aliphatic heterocycles. The molecule has 29 heavy (non-hydrogen) atoms. The summed E-state index contributed by atoms with van der Waals surface area (Å²) in [5.41, 5.74) is 3.17. The zero-order valence-electron chi connectivity index (χ0n) is 16.5. The van der Waals surface area contributed by atoms with Crippen molar-refractivity contribution in [1.82, 2.24) is 20.1 Å². The van der Waals surface area contributed by atoms with E-state index in [2.05, 4.69) is 29.1 Å². The molecule has 2 atom stereocenters. The summed E-state index contributed by atoms with van der Waals surface area (Å²) in [5.74, 6) is -0.256. The lowest BCUT2D eigenvalue weighted by atomic mass is 10.1. The van der Waals surface area contributed by atoms with E-state index >= 15 is 0 Å². The van der Waals surface area contributed by atoms with Crippen LogP contribution >= 0.6 is 0 Å². The van der Waals surface area contributed by atoms with Gasteiger partial charge in [0.15, 0.2) is 0 Å². The Morgan fingerprint density at radius 1 is 1.14 bits per heavy atom. The van der Waals surface area contributed by atoms with Gasteiger partial charge in [0.2, 0.25) is 5.91 Å². The molecule has 0 saturated carbocycles. The van der Waals surface area contributed by atoms with E-state index in [0.717, 1.165) is 24.2 Å². The molecule has 1 saturated heterocycles. The minimum Gasteiger partial charge on any atom is -0.334 e. The molecule has 1 aliphatic rings. The van der Waals surface area contributed by atoms with Crippen LogP contribution in [0.1, 0.15) is 25.0 Å². The molecule has 0 N–H and O–H groups in total. The maximum absolute atomic E-state index is 13.1. The number of fused-ring (bicyclic) bond motifs is 1. The number of benzene rings is 2. The van der Waals surface area contributed by atoms with E-state index in [0.29, 0.717) is 17.6 Å². The molecule has 7 heteroatoms. The molecule has 4 rings (SSSR count). The molecule has 2 heterocycles. The second-order valence-electron chi connectivity index (χ2n) is 7.56. The number of nitrogens with zero attached hydrogens (tertiary/aromatic N) is 4. The van der Waals surface area contributed by atoms with Gasteiger partial charge in [-0.2, -0.15) is 0 Å². The Bertz CT molecular complexity index is 1030. The first-order valence-corrected chi connectivity index (χ1v) is 9.69. The largest absolute Gasteiger partial charge is 0.334 e. The van der Waals surface area contributed by atoms with Crippen LogP contribution in [0.2, 0.25) is 0 Å². The topological polar surface area (TPSA) is 62.5 Å². The lowest BCUT2D eigenvalue weighted by molar-refractivity contribution is -0.131. The van der Waals surface area contributed by atoms with Crippen LogP contribution in [-0.4, -0.2) is 51.2 Å². The summed E-state index contributed by atoms with van der Waals surface area (Å²) in [4.78, 5) is 17.0. The lowest BCUT2D eigenvalue weighted by Crippen LogP contribution is -2.57. The Morgan fingerprint density at radius 3 is 2.72 bits per heavy atom. The average Bonchev–Trinajstić information content (AvgIpc) is 3.20. The molecule has 1 amide bonds. The monoisotopic (exact) mass is 394 g/mol. The van der Waals surface area contributed by atoms with Crippen LogP contribution in [0.25, 0.3) is 17.1 Å². The van der Waals surface area contributed by atoms with E-state index in [1.165, 1.54) is 12.1 Å². The number of piperazine rings is 1. The van der Waals surface area contributed by atoms with E-state index in [4.69, 9.17) is 4.63 Å². The molecule has 3 aromatic rings. The van der Waals surface area contributed by atoms with Gasteiger partial charge in [0.05, 0.1) is 0 Å². The zero-order chi connectivity index (χ0) is 20.4. The van der Waals surface area contributed by atoms with E-state index in [-0.39, 0.29) is 23.8 Å². The van der Waals surface area contributed by atoms with Crippen molar-refractivity contribution in [3.8, 4) is 0 Å². The standard InChI is InChI=1S/C22H23FN4O2/c1-15-13-27(16(2)12-26(15)14-17-6-9-19(23)10-7-17)21(28)11-8-18-4-3-5-20-22(18)25-29-24-20/h3-11,15-16H,12-14H2,1-2H3. The van der Waals surface area contributed by atoms with E-state index in [1.807, 2.05) is 35.2 Å².